The van der Waals surface area contributed by atoms with Crippen molar-refractivity contribution in [1.29, 1.82) is 0 Å². The molecule has 2 fully saturated rings. The van der Waals surface area contributed by atoms with Crippen molar-refractivity contribution in [3.63, 3.8) is 0 Å². The van der Waals surface area contributed by atoms with Crippen LogP contribution in [0.2, 0.25) is 0 Å². The van der Waals surface area contributed by atoms with Crippen LogP contribution in [-0.4, -0.2) is 111 Å². The summed E-state index contributed by atoms with van der Waals surface area (Å²) in [6.07, 6.45) is -0.288. The van der Waals surface area contributed by atoms with Gasteiger partial charge in [0.1, 0.15) is 11.7 Å². The second-order valence-corrected chi connectivity index (χ2v) is 12.2. The monoisotopic (exact) mass is 585 g/mol. The zero-order chi connectivity index (χ0) is 30.7. The zero-order valence-corrected chi connectivity index (χ0v) is 26.4. The number of carbonyl (C=O) groups excluding carboxylic acids is 3. The van der Waals surface area contributed by atoms with Crippen LogP contribution in [0.25, 0.3) is 0 Å². The highest BCUT2D eigenvalue weighted by atomic mass is 16.7. The lowest BCUT2D eigenvalue weighted by Crippen LogP contribution is -2.48. The lowest BCUT2D eigenvalue weighted by Gasteiger charge is -2.40. The first kappa shape index (κ1) is 35.6. The topological polar surface area (TPSA) is 136 Å². The number of carbonyl (C=O) groups is 3. The van der Waals surface area contributed by atoms with Gasteiger partial charge >= 0.3 is 5.97 Å². The van der Waals surface area contributed by atoms with E-state index in [1.54, 1.807) is 13.8 Å². The summed E-state index contributed by atoms with van der Waals surface area (Å²) in [5.41, 5.74) is 0. The molecule has 2 rings (SSSR count). The SMILES string of the molecule is CCNCCCOC1C[C@@H](C)NC(=O)C(C)C(O)[C@@H](C)COC(=O)C(C)C(=O)C[C@H]1OC1CC(N(C)C)CC(C)O1. The maximum Gasteiger partial charge on any atom is 0.316 e. The third-order valence-electron chi connectivity index (χ3n) is 8.21. The maximum absolute atomic E-state index is 13.4. The van der Waals surface area contributed by atoms with Crippen molar-refractivity contribution in [3.8, 4) is 0 Å². The van der Waals surface area contributed by atoms with Gasteiger partial charge in [0.25, 0.3) is 0 Å². The van der Waals surface area contributed by atoms with E-state index in [-0.39, 0.29) is 42.9 Å². The number of esters is 1. The average Bonchev–Trinajstić information content (AvgIpc) is 2.92. The molecule has 0 bridgehead atoms. The van der Waals surface area contributed by atoms with Crippen molar-refractivity contribution < 1.29 is 38.4 Å². The van der Waals surface area contributed by atoms with E-state index in [1.807, 2.05) is 34.9 Å². The van der Waals surface area contributed by atoms with E-state index >= 15 is 0 Å². The van der Waals surface area contributed by atoms with Gasteiger partial charge in [0, 0.05) is 37.5 Å². The van der Waals surface area contributed by atoms with Gasteiger partial charge in [-0.1, -0.05) is 20.8 Å². The van der Waals surface area contributed by atoms with E-state index in [0.717, 1.165) is 25.9 Å². The zero-order valence-electron chi connectivity index (χ0n) is 26.4. The molecule has 10 atom stereocenters. The summed E-state index contributed by atoms with van der Waals surface area (Å²) in [6, 6.07) is -0.0724. The Morgan fingerprint density at radius 3 is 2.41 bits per heavy atom. The molecule has 1 amide bonds. The molecular formula is C30H55N3O8. The Hall–Kier alpha value is -1.63. The fraction of sp³-hybridized carbons (Fsp3) is 0.900. The number of cyclic esters (lactones) is 1. The van der Waals surface area contributed by atoms with Gasteiger partial charge < -0.3 is 39.6 Å². The molecule has 0 aromatic heterocycles. The molecule has 2 aliphatic heterocycles. The number of amides is 1. The molecule has 2 heterocycles. The van der Waals surface area contributed by atoms with Crippen LogP contribution in [0, 0.1) is 17.8 Å². The fourth-order valence-corrected chi connectivity index (χ4v) is 5.35. The summed E-state index contributed by atoms with van der Waals surface area (Å²) in [7, 11) is 4.06. The van der Waals surface area contributed by atoms with Crippen LogP contribution in [0.1, 0.15) is 73.6 Å². The molecule has 0 saturated carbocycles. The van der Waals surface area contributed by atoms with Crippen LogP contribution in [0.15, 0.2) is 0 Å². The highest BCUT2D eigenvalue weighted by Gasteiger charge is 2.38. The standard InChI is InChI=1S/C30H55N3O8/c1-9-31-11-10-12-38-25-13-19(3)32-29(36)22(6)28(35)18(2)17-39-30(37)21(5)24(34)16-26(25)41-27-15-23(33(7)8)14-20(4)40-27/h18-23,25-28,31,35H,9-17H2,1-8H3,(H,32,36)/t18-,19+,20?,21?,22?,23?,25?,26+,27?,28?/m0/s1. The first-order valence-corrected chi connectivity index (χ1v) is 15.3. The summed E-state index contributed by atoms with van der Waals surface area (Å²) in [5, 5.41) is 17.0. The van der Waals surface area contributed by atoms with Crippen molar-refractivity contribution in [2.45, 2.75) is 116 Å². The predicted octanol–water partition coefficient (Wildman–Crippen LogP) is 1.89. The van der Waals surface area contributed by atoms with Gasteiger partial charge in [-0.05, 0) is 67.2 Å². The van der Waals surface area contributed by atoms with Gasteiger partial charge in [-0.2, -0.15) is 0 Å². The molecule has 0 aromatic carbocycles. The van der Waals surface area contributed by atoms with Crippen LogP contribution in [0.4, 0.5) is 0 Å². The molecule has 238 valence electrons. The Kier molecular flexibility index (Phi) is 15.2. The lowest BCUT2D eigenvalue weighted by molar-refractivity contribution is -0.240. The summed E-state index contributed by atoms with van der Waals surface area (Å²) >= 11 is 0. The van der Waals surface area contributed by atoms with Gasteiger partial charge in [0.05, 0.1) is 36.9 Å². The number of hydrogen-bond donors (Lipinski definition) is 3. The van der Waals surface area contributed by atoms with E-state index < -0.39 is 48.3 Å². The van der Waals surface area contributed by atoms with E-state index in [2.05, 4.69) is 15.5 Å². The number of aliphatic hydroxyl groups is 1. The Bertz CT molecular complexity index is 828. The maximum atomic E-state index is 13.4. The quantitative estimate of drug-likeness (QED) is 0.209. The fourth-order valence-electron chi connectivity index (χ4n) is 5.35. The van der Waals surface area contributed by atoms with Gasteiger partial charge in [-0.25, -0.2) is 0 Å². The van der Waals surface area contributed by atoms with Gasteiger partial charge in [0.15, 0.2) is 6.29 Å². The lowest BCUT2D eigenvalue weighted by atomic mass is 9.92. The molecule has 7 unspecified atom stereocenters. The number of Topliss-reactive ketones (excluding diaryl/α,β-unsaturated/α-hetero) is 1. The van der Waals surface area contributed by atoms with E-state index in [4.69, 9.17) is 18.9 Å². The van der Waals surface area contributed by atoms with Crippen LogP contribution in [0.5, 0.6) is 0 Å². The summed E-state index contributed by atoms with van der Waals surface area (Å²) in [4.78, 5) is 41.4. The highest BCUT2D eigenvalue weighted by molar-refractivity contribution is 5.98. The first-order valence-electron chi connectivity index (χ1n) is 15.3. The van der Waals surface area contributed by atoms with Crippen LogP contribution < -0.4 is 10.6 Å². The molecule has 11 heteroatoms. The minimum Gasteiger partial charge on any atom is -0.465 e. The number of ketones is 1. The minimum absolute atomic E-state index is 0.0272. The van der Waals surface area contributed by atoms with Crippen LogP contribution in [-0.2, 0) is 33.3 Å². The Labute approximate surface area is 246 Å². The second kappa shape index (κ2) is 17.5. The van der Waals surface area contributed by atoms with Crippen molar-refractivity contribution in [2.75, 3.05) is 40.4 Å². The molecule has 3 N–H and O–H groups in total. The Morgan fingerprint density at radius 2 is 1.76 bits per heavy atom. The molecule has 41 heavy (non-hydrogen) atoms. The number of nitrogens with one attached hydrogen (secondary N) is 2. The van der Waals surface area contributed by atoms with Crippen molar-refractivity contribution in [2.24, 2.45) is 17.8 Å². The number of ether oxygens (including phenoxy) is 4. The molecule has 11 nitrogen and oxygen atoms in total. The van der Waals surface area contributed by atoms with Crippen LogP contribution in [0.3, 0.4) is 0 Å². The normalized spacial score (nSPS) is 36.8. The third kappa shape index (κ3) is 11.5. The predicted molar refractivity (Wildman–Crippen MR) is 155 cm³/mol. The van der Waals surface area contributed by atoms with E-state index in [9.17, 15) is 19.5 Å². The summed E-state index contributed by atoms with van der Waals surface area (Å²) in [5.74, 6) is -3.50. The molecule has 0 aromatic rings. The minimum atomic E-state index is -1.02. The van der Waals surface area contributed by atoms with Gasteiger partial charge in [-0.15, -0.1) is 0 Å². The number of nitrogens with zero attached hydrogens (tertiary/aromatic N) is 1. The van der Waals surface area contributed by atoms with Crippen molar-refractivity contribution in [3.05, 3.63) is 0 Å². The molecule has 0 aliphatic carbocycles. The first-order chi connectivity index (χ1) is 19.3. The van der Waals surface area contributed by atoms with Crippen LogP contribution >= 0.6 is 0 Å². The van der Waals surface area contributed by atoms with Gasteiger partial charge in [-0.3, -0.25) is 14.4 Å². The number of rotatable bonds is 9. The summed E-state index contributed by atoms with van der Waals surface area (Å²) < 4.78 is 24.4. The molecular weight excluding hydrogens is 530 g/mol. The third-order valence-corrected chi connectivity index (χ3v) is 8.21. The molecule has 0 radical (unpaired) electrons. The summed E-state index contributed by atoms with van der Waals surface area (Å²) in [6.45, 7) is 12.8. The largest absolute Gasteiger partial charge is 0.465 e. The number of aliphatic hydroxyl groups excluding tert-OH is 1. The van der Waals surface area contributed by atoms with E-state index in [0.29, 0.717) is 19.4 Å². The van der Waals surface area contributed by atoms with Crippen molar-refractivity contribution >= 4 is 17.7 Å². The smallest absolute Gasteiger partial charge is 0.316 e. The van der Waals surface area contributed by atoms with Crippen molar-refractivity contribution in [1.82, 2.24) is 15.5 Å². The number of hydrogen-bond acceptors (Lipinski definition) is 10. The molecule has 2 aliphatic rings. The molecule has 0 spiro atoms. The second-order valence-electron chi connectivity index (χ2n) is 12.2. The molecule has 2 saturated heterocycles. The highest BCUT2D eigenvalue weighted by Crippen LogP contribution is 2.28. The van der Waals surface area contributed by atoms with Gasteiger partial charge in [0.2, 0.25) is 5.91 Å². The Morgan fingerprint density at radius 1 is 1.05 bits per heavy atom. The average molecular weight is 586 g/mol. The Balaban J connectivity index is 2.37. The van der Waals surface area contributed by atoms with E-state index in [1.165, 1.54) is 6.92 Å².